The van der Waals surface area contributed by atoms with Crippen molar-refractivity contribution >= 4 is 29.0 Å². The van der Waals surface area contributed by atoms with Crippen LogP contribution in [0.4, 0.5) is 29.0 Å². The molecule has 0 saturated carbocycles. The summed E-state index contributed by atoms with van der Waals surface area (Å²) < 4.78 is 0. The van der Waals surface area contributed by atoms with Gasteiger partial charge in [-0.2, -0.15) is 0 Å². The molecular weight excluding hydrogens is 362 g/mol. The Morgan fingerprint density at radius 3 is 2.45 bits per heavy atom. The zero-order valence-electron chi connectivity index (χ0n) is 16.0. The Labute approximate surface area is 169 Å². The summed E-state index contributed by atoms with van der Waals surface area (Å²) in [5.41, 5.74) is 9.09. The van der Waals surface area contributed by atoms with Gasteiger partial charge < -0.3 is 16.0 Å². The number of nitrogen functional groups attached to an aromatic ring is 1. The monoisotopic (exact) mass is 383 g/mol. The van der Waals surface area contributed by atoms with E-state index in [2.05, 4.69) is 37.4 Å². The molecule has 0 aliphatic carbocycles. The van der Waals surface area contributed by atoms with Crippen molar-refractivity contribution in [2.75, 3.05) is 16.0 Å². The predicted molar refractivity (Wildman–Crippen MR) is 115 cm³/mol. The van der Waals surface area contributed by atoms with E-state index in [9.17, 15) is 0 Å². The average molecular weight is 383 g/mol. The van der Waals surface area contributed by atoms with E-state index in [4.69, 9.17) is 5.73 Å². The van der Waals surface area contributed by atoms with Crippen LogP contribution in [0.2, 0.25) is 0 Å². The lowest BCUT2D eigenvalue weighted by molar-refractivity contribution is 0.918. The molecule has 7 nitrogen and oxygen atoms in total. The Morgan fingerprint density at radius 1 is 0.897 bits per heavy atom. The van der Waals surface area contributed by atoms with Crippen LogP contribution in [-0.4, -0.2) is 19.9 Å². The van der Waals surface area contributed by atoms with Gasteiger partial charge in [-0.25, -0.2) is 19.9 Å². The van der Waals surface area contributed by atoms with E-state index in [1.165, 1.54) is 6.33 Å². The predicted octanol–water partition coefficient (Wildman–Crippen LogP) is 4.24. The summed E-state index contributed by atoms with van der Waals surface area (Å²) in [7, 11) is 0. The third-order valence-electron chi connectivity index (χ3n) is 4.39. The number of nitrogens with one attached hydrogen (secondary N) is 1. The van der Waals surface area contributed by atoms with Crippen molar-refractivity contribution in [1.29, 1.82) is 0 Å². The zero-order chi connectivity index (χ0) is 20.1. The molecule has 0 aliphatic heterocycles. The number of nitrogens with zero attached hydrogens (tertiary/aromatic N) is 5. The molecule has 1 aromatic carbocycles. The maximum absolute atomic E-state index is 6.47. The molecular formula is C22H21N7. The molecule has 4 rings (SSSR count). The van der Waals surface area contributed by atoms with E-state index >= 15 is 0 Å². The summed E-state index contributed by atoms with van der Waals surface area (Å²) in [6.07, 6.45) is 5.03. The minimum Gasteiger partial charge on any atom is -0.393 e. The first kappa shape index (κ1) is 18.4. The van der Waals surface area contributed by atoms with Gasteiger partial charge in [0, 0.05) is 12.4 Å². The van der Waals surface area contributed by atoms with Crippen LogP contribution in [0.15, 0.2) is 79.4 Å². The molecule has 0 saturated heterocycles. The van der Waals surface area contributed by atoms with Gasteiger partial charge in [0.2, 0.25) is 0 Å². The fourth-order valence-electron chi connectivity index (χ4n) is 2.91. The maximum atomic E-state index is 6.47. The first-order valence-corrected chi connectivity index (χ1v) is 9.23. The van der Waals surface area contributed by atoms with Gasteiger partial charge in [-0.05, 0) is 36.2 Å². The SMILES string of the molecule is Cc1ccc(Nc2ncnc(N(Cc3ccccc3)c3ccccn3)c2N)nc1. The molecule has 3 aromatic heterocycles. The molecule has 7 heteroatoms. The number of hydrogen-bond acceptors (Lipinski definition) is 7. The summed E-state index contributed by atoms with van der Waals surface area (Å²) in [4.78, 5) is 19.6. The van der Waals surface area contributed by atoms with Gasteiger partial charge in [0.25, 0.3) is 0 Å². The standard InChI is InChI=1S/C22H21N7/c1-16-10-11-18(25-13-16)28-21-20(23)22(27-15-26-21)29(19-9-5-6-12-24-19)14-17-7-3-2-4-8-17/h2-13,15H,14,23H2,1H3,(H,25,26,27,28). The lowest BCUT2D eigenvalue weighted by atomic mass is 10.2. The van der Waals surface area contributed by atoms with Gasteiger partial charge in [0.05, 0.1) is 6.54 Å². The van der Waals surface area contributed by atoms with E-state index in [-0.39, 0.29) is 0 Å². The third kappa shape index (κ3) is 4.30. The van der Waals surface area contributed by atoms with Gasteiger partial charge in [0.1, 0.15) is 23.7 Å². The lowest BCUT2D eigenvalue weighted by Gasteiger charge is -2.24. The second kappa shape index (κ2) is 8.35. The second-order valence-corrected chi connectivity index (χ2v) is 6.57. The maximum Gasteiger partial charge on any atom is 0.163 e. The normalized spacial score (nSPS) is 10.5. The molecule has 29 heavy (non-hydrogen) atoms. The van der Waals surface area contributed by atoms with Crippen LogP contribution < -0.4 is 16.0 Å². The van der Waals surface area contributed by atoms with Crippen LogP contribution in [0.1, 0.15) is 11.1 Å². The molecule has 0 bridgehead atoms. The molecule has 0 unspecified atom stereocenters. The summed E-state index contributed by atoms with van der Waals surface area (Å²) in [5.74, 6) is 2.50. The Bertz CT molecular complexity index is 1070. The molecule has 0 atom stereocenters. The smallest absolute Gasteiger partial charge is 0.163 e. The van der Waals surface area contributed by atoms with E-state index in [0.717, 1.165) is 16.9 Å². The molecule has 0 amide bonds. The van der Waals surface area contributed by atoms with Gasteiger partial charge in [0.15, 0.2) is 11.6 Å². The van der Waals surface area contributed by atoms with Gasteiger partial charge >= 0.3 is 0 Å². The number of aromatic nitrogens is 4. The van der Waals surface area contributed by atoms with E-state index < -0.39 is 0 Å². The fourth-order valence-corrected chi connectivity index (χ4v) is 2.91. The quantitative estimate of drug-likeness (QED) is 0.514. The van der Waals surface area contributed by atoms with E-state index in [1.54, 1.807) is 12.4 Å². The second-order valence-electron chi connectivity index (χ2n) is 6.57. The van der Waals surface area contributed by atoms with Crippen molar-refractivity contribution in [1.82, 2.24) is 19.9 Å². The molecule has 4 aromatic rings. The Kier molecular flexibility index (Phi) is 5.29. The highest BCUT2D eigenvalue weighted by atomic mass is 15.3. The number of pyridine rings is 2. The van der Waals surface area contributed by atoms with Crippen molar-refractivity contribution in [2.24, 2.45) is 0 Å². The Balaban J connectivity index is 1.71. The molecule has 3 heterocycles. The Hall–Kier alpha value is -4.00. The van der Waals surface area contributed by atoms with E-state index in [0.29, 0.717) is 29.7 Å². The molecule has 3 N–H and O–H groups in total. The largest absolute Gasteiger partial charge is 0.393 e. The molecule has 0 spiro atoms. The van der Waals surface area contributed by atoms with Crippen molar-refractivity contribution in [3.63, 3.8) is 0 Å². The number of nitrogens with two attached hydrogens (primary N) is 1. The van der Waals surface area contributed by atoms with Crippen molar-refractivity contribution in [2.45, 2.75) is 13.5 Å². The fraction of sp³-hybridized carbons (Fsp3) is 0.0909. The van der Waals surface area contributed by atoms with Crippen molar-refractivity contribution in [3.05, 3.63) is 90.5 Å². The van der Waals surface area contributed by atoms with Gasteiger partial charge in [-0.15, -0.1) is 0 Å². The van der Waals surface area contributed by atoms with Crippen LogP contribution in [0, 0.1) is 6.92 Å². The van der Waals surface area contributed by atoms with Crippen molar-refractivity contribution < 1.29 is 0 Å². The molecule has 144 valence electrons. The van der Waals surface area contributed by atoms with Gasteiger partial charge in [-0.3, -0.25) is 0 Å². The van der Waals surface area contributed by atoms with E-state index in [1.807, 2.05) is 60.4 Å². The first-order chi connectivity index (χ1) is 14.2. The number of rotatable bonds is 6. The first-order valence-electron chi connectivity index (χ1n) is 9.23. The highest BCUT2D eigenvalue weighted by Crippen LogP contribution is 2.33. The number of anilines is 5. The minimum atomic E-state index is 0.427. The van der Waals surface area contributed by atoms with Crippen LogP contribution in [0.25, 0.3) is 0 Å². The summed E-state index contributed by atoms with van der Waals surface area (Å²) in [5, 5.41) is 3.18. The molecule has 0 aliphatic rings. The number of hydrogen-bond donors (Lipinski definition) is 2. The molecule has 0 fully saturated rings. The summed E-state index contributed by atoms with van der Waals surface area (Å²) in [6.45, 7) is 2.56. The topological polar surface area (TPSA) is 92.9 Å². The zero-order valence-corrected chi connectivity index (χ0v) is 16.0. The number of aryl methyl sites for hydroxylation is 1. The van der Waals surface area contributed by atoms with Crippen LogP contribution >= 0.6 is 0 Å². The van der Waals surface area contributed by atoms with Crippen LogP contribution in [0.5, 0.6) is 0 Å². The minimum absolute atomic E-state index is 0.427. The molecule has 0 radical (unpaired) electrons. The van der Waals surface area contributed by atoms with Crippen molar-refractivity contribution in [3.8, 4) is 0 Å². The highest BCUT2D eigenvalue weighted by molar-refractivity contribution is 5.80. The highest BCUT2D eigenvalue weighted by Gasteiger charge is 2.18. The summed E-state index contributed by atoms with van der Waals surface area (Å²) >= 11 is 0. The van der Waals surface area contributed by atoms with Crippen LogP contribution in [-0.2, 0) is 6.54 Å². The number of benzene rings is 1. The average Bonchev–Trinajstić information content (AvgIpc) is 2.77. The Morgan fingerprint density at radius 2 is 1.72 bits per heavy atom. The van der Waals surface area contributed by atoms with Crippen LogP contribution in [0.3, 0.4) is 0 Å². The third-order valence-corrected chi connectivity index (χ3v) is 4.39. The summed E-state index contributed by atoms with van der Waals surface area (Å²) in [6, 6.07) is 19.7. The van der Waals surface area contributed by atoms with Gasteiger partial charge in [-0.1, -0.05) is 42.5 Å². The lowest BCUT2D eigenvalue weighted by Crippen LogP contribution is -2.21.